The lowest BCUT2D eigenvalue weighted by molar-refractivity contribution is 0.00578. The molecule has 400 valence electrons. The van der Waals surface area contributed by atoms with E-state index >= 15 is 0 Å². The molecule has 81 heavy (non-hydrogen) atoms. The third kappa shape index (κ3) is 10.7. The molecule has 2 nitrogen and oxygen atoms in total. The second kappa shape index (κ2) is 22.9. The Hall–Kier alpha value is -7.38. The predicted molar refractivity (Wildman–Crippen MR) is 356 cm³/mol. The van der Waals surface area contributed by atoms with Crippen molar-refractivity contribution in [2.24, 2.45) is 0 Å². The summed E-state index contributed by atoms with van der Waals surface area (Å²) >= 11 is 7.39. The van der Waals surface area contributed by atoms with E-state index in [-0.39, 0.29) is 18.3 Å². The van der Waals surface area contributed by atoms with Gasteiger partial charge in [-0.2, -0.15) is 0 Å². The Bertz CT molecular complexity index is 3960. The van der Waals surface area contributed by atoms with Gasteiger partial charge in [0.15, 0.2) is 0 Å². The molecule has 1 aliphatic heterocycles. The fourth-order valence-electron chi connectivity index (χ4n) is 12.1. The monoisotopic (exact) mass is 1180 g/mol. The molecule has 13 rings (SSSR count). The van der Waals surface area contributed by atoms with Crippen LogP contribution in [0.5, 0.6) is 0 Å². The van der Waals surface area contributed by atoms with Crippen molar-refractivity contribution in [1.82, 2.24) is 0 Å². The zero-order chi connectivity index (χ0) is 56.7. The fourth-order valence-corrected chi connectivity index (χ4v) is 13.4. The molecule has 0 aromatic heterocycles. The lowest BCUT2D eigenvalue weighted by atomic mass is 9.77. The molecule has 0 bridgehead atoms. The number of hydrogen-bond donors (Lipinski definition) is 0. The van der Waals surface area contributed by atoms with Crippen molar-refractivity contribution in [2.75, 3.05) is 0 Å². The first-order valence-corrected chi connectivity index (χ1v) is 29.6. The molecule has 0 atom stereocenters. The molecule has 0 saturated carbocycles. The number of hydrogen-bond acceptors (Lipinski definition) is 2. The van der Waals surface area contributed by atoms with E-state index < -0.39 is 0 Å². The Morgan fingerprint density at radius 3 is 0.802 bits per heavy atom. The molecular formula is C76H67BBr2O2. The van der Waals surface area contributed by atoms with Crippen molar-refractivity contribution in [3.05, 3.63) is 267 Å². The summed E-state index contributed by atoms with van der Waals surface area (Å²) in [6, 6.07) is 80.9. The van der Waals surface area contributed by atoms with Crippen LogP contribution in [0.1, 0.15) is 61.1 Å². The highest BCUT2D eigenvalue weighted by Gasteiger charge is 2.51. The zero-order valence-corrected chi connectivity index (χ0v) is 51.2. The van der Waals surface area contributed by atoms with Crippen LogP contribution in [0.4, 0.5) is 0 Å². The maximum absolute atomic E-state index is 6.18. The maximum Gasteiger partial charge on any atom is 0.494 e. The Balaban J connectivity index is 0.000000147. The van der Waals surface area contributed by atoms with Crippen molar-refractivity contribution in [2.45, 2.75) is 80.4 Å². The molecule has 1 saturated heterocycles. The third-order valence-electron chi connectivity index (χ3n) is 16.8. The van der Waals surface area contributed by atoms with Crippen molar-refractivity contribution in [1.29, 1.82) is 0 Å². The molecule has 0 N–H and O–H groups in total. The molecule has 0 radical (unpaired) electrons. The quantitative estimate of drug-likeness (QED) is 0.122. The van der Waals surface area contributed by atoms with E-state index in [1.165, 1.54) is 141 Å². The highest BCUT2D eigenvalue weighted by Crippen LogP contribution is 2.46. The van der Waals surface area contributed by atoms with Crippen molar-refractivity contribution < 1.29 is 9.31 Å². The van der Waals surface area contributed by atoms with E-state index in [4.69, 9.17) is 9.31 Å². The normalized spacial score (nSPS) is 13.5. The lowest BCUT2D eigenvalue weighted by Crippen LogP contribution is -2.41. The van der Waals surface area contributed by atoms with Crippen LogP contribution in [-0.2, 0) is 9.31 Å². The summed E-state index contributed by atoms with van der Waals surface area (Å²) in [5, 5.41) is 10.1. The van der Waals surface area contributed by atoms with Gasteiger partial charge in [-0.05, 0) is 251 Å². The first kappa shape index (κ1) is 55.5. The van der Waals surface area contributed by atoms with Gasteiger partial charge in [0, 0.05) is 8.95 Å². The molecule has 12 aromatic carbocycles. The molecule has 0 aliphatic carbocycles. The standard InChI is InChI=1S/C42H34.C20H25BO2.C14H8Br2/c1-27-13-9-14-28(2)39(27)31-17-11-19-33(25-31)41-35-21-5-7-23-37(35)42(38-24-8-6-22-36(38)41)34-20-12-18-32(26-34)40-29(3)15-10-16-30(40)4;1-14-9-7-10-15(2)18(14)16-11-8-12-17(13-16)21-22-19(3,4)20(5,6)23-21;15-13-9-5-1-2-6-10(9)14(16)12-8-4-3-7-11(12)13/h5-26H,1-4H3;7-13H,1-6H3;1-8H. The van der Waals surface area contributed by atoms with Gasteiger partial charge >= 0.3 is 7.12 Å². The van der Waals surface area contributed by atoms with E-state index in [0.29, 0.717) is 0 Å². The topological polar surface area (TPSA) is 18.5 Å². The molecular weight excluding hydrogens is 1120 g/mol. The second-order valence-electron chi connectivity index (χ2n) is 22.7. The highest BCUT2D eigenvalue weighted by atomic mass is 79.9. The molecule has 1 heterocycles. The summed E-state index contributed by atoms with van der Waals surface area (Å²) in [6.45, 7) is 21.5. The molecule has 12 aromatic rings. The molecule has 5 heteroatoms. The van der Waals surface area contributed by atoms with Crippen molar-refractivity contribution in [3.8, 4) is 55.6 Å². The van der Waals surface area contributed by atoms with Crippen molar-refractivity contribution >= 4 is 87.5 Å². The number of fused-ring (bicyclic) bond motifs is 4. The van der Waals surface area contributed by atoms with E-state index in [1.807, 2.05) is 0 Å². The Morgan fingerprint density at radius 2 is 0.506 bits per heavy atom. The molecule has 1 aliphatic rings. The van der Waals surface area contributed by atoms with E-state index in [9.17, 15) is 0 Å². The van der Waals surface area contributed by atoms with Gasteiger partial charge in [-0.25, -0.2) is 0 Å². The Labute approximate surface area is 496 Å². The van der Waals surface area contributed by atoms with E-state index in [0.717, 1.165) is 5.46 Å². The zero-order valence-electron chi connectivity index (χ0n) is 48.0. The van der Waals surface area contributed by atoms with Gasteiger partial charge in [0.1, 0.15) is 0 Å². The van der Waals surface area contributed by atoms with Crippen molar-refractivity contribution in [3.63, 3.8) is 0 Å². The summed E-state index contributed by atoms with van der Waals surface area (Å²) in [5.74, 6) is 0. The van der Waals surface area contributed by atoms with E-state index in [2.05, 4.69) is 326 Å². The van der Waals surface area contributed by atoms with Crippen LogP contribution in [0.25, 0.3) is 98.7 Å². The molecule has 0 spiro atoms. The summed E-state index contributed by atoms with van der Waals surface area (Å²) in [6.07, 6.45) is 0. The minimum Gasteiger partial charge on any atom is -0.399 e. The summed E-state index contributed by atoms with van der Waals surface area (Å²) in [5.41, 5.74) is 21.0. The van der Waals surface area contributed by atoms with Gasteiger partial charge in [-0.15, -0.1) is 0 Å². The van der Waals surface area contributed by atoms with Crippen LogP contribution >= 0.6 is 31.9 Å². The van der Waals surface area contributed by atoms with Gasteiger partial charge in [0.05, 0.1) is 11.2 Å². The number of aryl methyl sites for hydroxylation is 6. The highest BCUT2D eigenvalue weighted by molar-refractivity contribution is 9.11. The van der Waals surface area contributed by atoms with Crippen LogP contribution in [0.15, 0.2) is 233 Å². The Morgan fingerprint density at radius 1 is 0.272 bits per heavy atom. The summed E-state index contributed by atoms with van der Waals surface area (Å²) in [7, 11) is -0.315. The maximum atomic E-state index is 6.18. The van der Waals surface area contributed by atoms with Gasteiger partial charge < -0.3 is 9.31 Å². The summed E-state index contributed by atoms with van der Waals surface area (Å²) in [4.78, 5) is 0. The average molecular weight is 1180 g/mol. The van der Waals surface area contributed by atoms with Crippen LogP contribution in [0.2, 0.25) is 0 Å². The number of benzene rings is 12. The van der Waals surface area contributed by atoms with Gasteiger partial charge in [-0.3, -0.25) is 0 Å². The van der Waals surface area contributed by atoms with Gasteiger partial charge in [-0.1, -0.05) is 212 Å². The molecule has 0 unspecified atom stereocenters. The van der Waals surface area contributed by atoms with E-state index in [1.54, 1.807) is 0 Å². The SMILES string of the molecule is Brc1c2ccccc2c(Br)c2ccccc12.Cc1cccc(C)c1-c1cccc(-c2c3ccccc3c(-c3cccc(-c4c(C)cccc4C)c3)c3ccccc23)c1.Cc1cccc(C)c1-c1cccc(B2OC(C)(C)C(C)(C)O2)c1. The first-order chi connectivity index (χ1) is 39.0. The number of rotatable bonds is 6. The van der Waals surface area contributed by atoms with Gasteiger partial charge in [0.25, 0.3) is 0 Å². The van der Waals surface area contributed by atoms with Crippen LogP contribution in [0, 0.1) is 41.5 Å². The minimum atomic E-state index is -0.315. The first-order valence-electron chi connectivity index (χ1n) is 28.1. The largest absolute Gasteiger partial charge is 0.494 e. The smallest absolute Gasteiger partial charge is 0.399 e. The summed E-state index contributed by atoms with van der Waals surface area (Å²) < 4.78 is 14.7. The second-order valence-corrected chi connectivity index (χ2v) is 24.3. The minimum absolute atomic E-state index is 0.313. The van der Waals surface area contributed by atoms with Crippen LogP contribution in [-0.4, -0.2) is 18.3 Å². The average Bonchev–Trinajstić information content (AvgIpc) is 3.91. The van der Waals surface area contributed by atoms with Gasteiger partial charge in [0.2, 0.25) is 0 Å². The lowest BCUT2D eigenvalue weighted by Gasteiger charge is -2.32. The third-order valence-corrected chi connectivity index (χ3v) is 18.5. The van der Waals surface area contributed by atoms with Crippen LogP contribution < -0.4 is 5.46 Å². The fraction of sp³-hybridized carbons (Fsp3) is 0.158. The Kier molecular flexibility index (Phi) is 15.7. The van der Waals surface area contributed by atoms with Crippen LogP contribution in [0.3, 0.4) is 0 Å². The number of halogens is 2. The predicted octanol–water partition coefficient (Wildman–Crippen LogP) is 21.7. The molecule has 0 amide bonds. The molecule has 1 fully saturated rings.